The Labute approximate surface area is 161 Å². The van der Waals surface area contributed by atoms with Gasteiger partial charge >= 0.3 is 0 Å². The standard InChI is InChI=1S/C19H28N4O3S/c1-13-5-6-17(11-14(13)2)27(24,25)23-9-7-16(8-10-23)19-21-18(22-26-19)12-15(3)20-4/h5-6,11,15-16,20H,7-10,12H2,1-4H3. The molecule has 1 unspecified atom stereocenters. The van der Waals surface area contributed by atoms with Gasteiger partial charge in [-0.1, -0.05) is 11.2 Å². The van der Waals surface area contributed by atoms with Crippen molar-refractivity contribution in [1.82, 2.24) is 19.8 Å². The fourth-order valence-corrected chi connectivity index (χ4v) is 4.81. The van der Waals surface area contributed by atoms with Gasteiger partial charge in [0.1, 0.15) is 0 Å². The molecule has 1 aliphatic heterocycles. The van der Waals surface area contributed by atoms with Crippen LogP contribution in [0.4, 0.5) is 0 Å². The van der Waals surface area contributed by atoms with E-state index in [1.165, 1.54) is 0 Å². The van der Waals surface area contributed by atoms with E-state index in [1.807, 2.05) is 27.0 Å². The van der Waals surface area contributed by atoms with Crippen molar-refractivity contribution in [1.29, 1.82) is 0 Å². The first-order chi connectivity index (χ1) is 12.8. The zero-order valence-electron chi connectivity index (χ0n) is 16.4. The van der Waals surface area contributed by atoms with Crippen LogP contribution in [0, 0.1) is 13.8 Å². The van der Waals surface area contributed by atoms with Crippen molar-refractivity contribution in [3.63, 3.8) is 0 Å². The number of sulfonamides is 1. The smallest absolute Gasteiger partial charge is 0.243 e. The van der Waals surface area contributed by atoms with Gasteiger partial charge in [0.05, 0.1) is 4.90 Å². The molecule has 7 nitrogen and oxygen atoms in total. The van der Waals surface area contributed by atoms with E-state index >= 15 is 0 Å². The van der Waals surface area contributed by atoms with Gasteiger partial charge < -0.3 is 9.84 Å². The molecule has 2 heterocycles. The van der Waals surface area contributed by atoms with E-state index in [4.69, 9.17) is 4.52 Å². The van der Waals surface area contributed by atoms with Crippen molar-refractivity contribution in [2.45, 2.75) is 56.9 Å². The number of aromatic nitrogens is 2. The predicted octanol–water partition coefficient (Wildman–Crippen LogP) is 2.41. The first-order valence-electron chi connectivity index (χ1n) is 9.38. The molecule has 1 aliphatic rings. The average Bonchev–Trinajstić information content (AvgIpc) is 3.12. The van der Waals surface area contributed by atoms with Crippen LogP contribution >= 0.6 is 0 Å². The Bertz CT molecular complexity index is 886. The van der Waals surface area contributed by atoms with Crippen molar-refractivity contribution < 1.29 is 12.9 Å². The Morgan fingerprint density at radius 3 is 2.59 bits per heavy atom. The Morgan fingerprint density at radius 2 is 1.96 bits per heavy atom. The zero-order valence-corrected chi connectivity index (χ0v) is 17.2. The second-order valence-corrected chi connectivity index (χ2v) is 9.31. The molecular weight excluding hydrogens is 364 g/mol. The molecular formula is C19H28N4O3S. The van der Waals surface area contributed by atoms with Crippen LogP contribution in [-0.4, -0.2) is 49.0 Å². The number of hydrogen-bond acceptors (Lipinski definition) is 6. The van der Waals surface area contributed by atoms with Crippen LogP contribution in [0.25, 0.3) is 0 Å². The van der Waals surface area contributed by atoms with Crippen LogP contribution in [0.3, 0.4) is 0 Å². The number of rotatable bonds is 6. The van der Waals surface area contributed by atoms with Gasteiger partial charge in [-0.15, -0.1) is 0 Å². The predicted molar refractivity (Wildman–Crippen MR) is 103 cm³/mol. The highest BCUT2D eigenvalue weighted by Gasteiger charge is 2.32. The van der Waals surface area contributed by atoms with Gasteiger partial charge in [-0.3, -0.25) is 0 Å². The van der Waals surface area contributed by atoms with Crippen molar-refractivity contribution in [2.24, 2.45) is 0 Å². The molecule has 1 aromatic carbocycles. The van der Waals surface area contributed by atoms with Gasteiger partial charge in [0.25, 0.3) is 0 Å². The molecule has 1 saturated heterocycles. The topological polar surface area (TPSA) is 88.3 Å². The normalized spacial score (nSPS) is 17.9. The number of likely N-dealkylation sites (N-methyl/N-ethyl adjacent to an activating group) is 1. The van der Waals surface area contributed by atoms with E-state index in [2.05, 4.69) is 22.4 Å². The Hall–Kier alpha value is -1.77. The lowest BCUT2D eigenvalue weighted by molar-refractivity contribution is 0.270. The third-order valence-electron chi connectivity index (χ3n) is 5.38. The van der Waals surface area contributed by atoms with E-state index < -0.39 is 10.0 Å². The van der Waals surface area contributed by atoms with Gasteiger partial charge in [0.2, 0.25) is 15.9 Å². The number of piperidine rings is 1. The SMILES string of the molecule is CNC(C)Cc1noc(C2CCN(S(=O)(=O)c3ccc(C)c(C)c3)CC2)n1. The Kier molecular flexibility index (Phi) is 5.98. The first-order valence-corrected chi connectivity index (χ1v) is 10.8. The highest BCUT2D eigenvalue weighted by atomic mass is 32.2. The lowest BCUT2D eigenvalue weighted by Gasteiger charge is -2.29. The molecule has 2 aromatic rings. The summed E-state index contributed by atoms with van der Waals surface area (Å²) >= 11 is 0. The van der Waals surface area contributed by atoms with Crippen LogP contribution < -0.4 is 5.32 Å². The number of hydrogen-bond donors (Lipinski definition) is 1. The van der Waals surface area contributed by atoms with E-state index in [0.29, 0.717) is 49.0 Å². The minimum Gasteiger partial charge on any atom is -0.339 e. The molecule has 3 rings (SSSR count). The maximum absolute atomic E-state index is 12.9. The molecule has 0 radical (unpaired) electrons. The average molecular weight is 393 g/mol. The highest BCUT2D eigenvalue weighted by Crippen LogP contribution is 2.30. The van der Waals surface area contributed by atoms with Crippen molar-refractivity contribution in [3.8, 4) is 0 Å². The number of nitrogens with one attached hydrogen (secondary N) is 1. The summed E-state index contributed by atoms with van der Waals surface area (Å²) in [5.74, 6) is 1.43. The van der Waals surface area contributed by atoms with Gasteiger partial charge in [-0.05, 0) is 63.9 Å². The number of aryl methyl sites for hydroxylation is 2. The quantitative estimate of drug-likeness (QED) is 0.812. The summed E-state index contributed by atoms with van der Waals surface area (Å²) in [6.07, 6.45) is 2.08. The summed E-state index contributed by atoms with van der Waals surface area (Å²) in [7, 11) is -1.56. The van der Waals surface area contributed by atoms with Crippen LogP contribution in [0.15, 0.2) is 27.6 Å². The molecule has 0 saturated carbocycles. The summed E-state index contributed by atoms with van der Waals surface area (Å²) in [6, 6.07) is 5.59. The van der Waals surface area contributed by atoms with Crippen LogP contribution in [0.5, 0.6) is 0 Å². The highest BCUT2D eigenvalue weighted by molar-refractivity contribution is 7.89. The summed E-state index contributed by atoms with van der Waals surface area (Å²) in [5.41, 5.74) is 2.08. The monoisotopic (exact) mass is 392 g/mol. The van der Waals surface area contributed by atoms with Gasteiger partial charge in [-0.2, -0.15) is 9.29 Å². The van der Waals surface area contributed by atoms with Gasteiger partial charge in [-0.25, -0.2) is 8.42 Å². The van der Waals surface area contributed by atoms with Gasteiger partial charge in [0.15, 0.2) is 5.82 Å². The molecule has 0 aliphatic carbocycles. The van der Waals surface area contributed by atoms with Crippen molar-refractivity contribution >= 4 is 10.0 Å². The molecule has 0 amide bonds. The minimum absolute atomic E-state index is 0.113. The fourth-order valence-electron chi connectivity index (χ4n) is 3.26. The first kappa shape index (κ1) is 20.0. The number of benzene rings is 1. The maximum atomic E-state index is 12.9. The summed E-state index contributed by atoms with van der Waals surface area (Å²) in [6.45, 7) is 6.90. The molecule has 1 N–H and O–H groups in total. The van der Waals surface area contributed by atoms with Crippen LogP contribution in [0.1, 0.15) is 48.5 Å². The summed E-state index contributed by atoms with van der Waals surface area (Å²) < 4.78 is 32.8. The zero-order chi connectivity index (χ0) is 19.6. The van der Waals surface area contributed by atoms with Crippen LogP contribution in [0.2, 0.25) is 0 Å². The van der Waals surface area contributed by atoms with Gasteiger partial charge in [0, 0.05) is 31.5 Å². The number of nitrogens with zero attached hydrogens (tertiary/aromatic N) is 3. The molecule has 0 bridgehead atoms. The van der Waals surface area contributed by atoms with E-state index in [0.717, 1.165) is 11.1 Å². The largest absolute Gasteiger partial charge is 0.339 e. The summed E-state index contributed by atoms with van der Waals surface area (Å²) in [4.78, 5) is 4.87. The Morgan fingerprint density at radius 1 is 1.26 bits per heavy atom. The second kappa shape index (κ2) is 8.08. The van der Waals surface area contributed by atoms with Crippen LogP contribution in [-0.2, 0) is 16.4 Å². The van der Waals surface area contributed by atoms with Crippen molar-refractivity contribution in [2.75, 3.05) is 20.1 Å². The molecule has 1 atom stereocenters. The van der Waals surface area contributed by atoms with E-state index in [1.54, 1.807) is 16.4 Å². The minimum atomic E-state index is -3.46. The summed E-state index contributed by atoms with van der Waals surface area (Å²) in [5, 5.41) is 7.21. The van der Waals surface area contributed by atoms with Crippen molar-refractivity contribution in [3.05, 3.63) is 41.0 Å². The second-order valence-electron chi connectivity index (χ2n) is 7.37. The van der Waals surface area contributed by atoms with E-state index in [-0.39, 0.29) is 12.0 Å². The third-order valence-corrected chi connectivity index (χ3v) is 7.28. The van der Waals surface area contributed by atoms with E-state index in [9.17, 15) is 8.42 Å². The molecule has 148 valence electrons. The fraction of sp³-hybridized carbons (Fsp3) is 0.579. The molecule has 27 heavy (non-hydrogen) atoms. The molecule has 1 fully saturated rings. The lowest BCUT2D eigenvalue weighted by atomic mass is 9.98. The lowest BCUT2D eigenvalue weighted by Crippen LogP contribution is -2.38. The maximum Gasteiger partial charge on any atom is 0.243 e. The molecule has 1 aromatic heterocycles. The third kappa shape index (κ3) is 4.39. The Balaban J connectivity index is 1.65. The molecule has 8 heteroatoms. The molecule has 0 spiro atoms.